The van der Waals surface area contributed by atoms with E-state index < -0.39 is 0 Å². The molecule has 0 aliphatic carbocycles. The largest absolute Gasteiger partial charge is 0.493 e. The summed E-state index contributed by atoms with van der Waals surface area (Å²) >= 11 is 0. The molecule has 2 aliphatic heterocycles. The molecular weight excluding hydrogens is 314 g/mol. The highest BCUT2D eigenvalue weighted by Crippen LogP contribution is 2.29. The highest BCUT2D eigenvalue weighted by molar-refractivity contribution is 5.95. The Morgan fingerprint density at radius 1 is 1.38 bits per heavy atom. The third kappa shape index (κ3) is 3.09. The molecule has 0 aromatic heterocycles. The first-order valence-electron chi connectivity index (χ1n) is 7.87. The standard InChI is InChI=1S/C16H21N3O5/c1-22-14-8-11(2-3-13(14)23-7-4-17)15(20)18-5-6-19-12(9-18)10-24-16(19)21/h2-3,8,12H,4-7,9-10,17H2,1H3/t12-/m1/s1. The van der Waals surface area contributed by atoms with Gasteiger partial charge >= 0.3 is 6.09 Å². The average Bonchev–Trinajstić information content (AvgIpc) is 2.99. The minimum atomic E-state index is -0.296. The number of methoxy groups -OCH3 is 1. The lowest BCUT2D eigenvalue weighted by atomic mass is 10.1. The number of cyclic esters (lactones) is 1. The monoisotopic (exact) mass is 335 g/mol. The molecule has 0 spiro atoms. The second kappa shape index (κ2) is 6.96. The van der Waals surface area contributed by atoms with Gasteiger partial charge in [0.1, 0.15) is 13.2 Å². The maximum absolute atomic E-state index is 12.7. The highest BCUT2D eigenvalue weighted by Gasteiger charge is 2.38. The van der Waals surface area contributed by atoms with E-state index in [0.717, 1.165) is 0 Å². The van der Waals surface area contributed by atoms with Crippen LogP contribution in [0.2, 0.25) is 0 Å². The van der Waals surface area contributed by atoms with Crippen LogP contribution in [0, 0.1) is 0 Å². The molecular formula is C16H21N3O5. The van der Waals surface area contributed by atoms with E-state index in [4.69, 9.17) is 19.9 Å². The van der Waals surface area contributed by atoms with Crippen molar-refractivity contribution in [2.24, 2.45) is 5.73 Å². The van der Waals surface area contributed by atoms with Crippen LogP contribution in [0.1, 0.15) is 10.4 Å². The van der Waals surface area contributed by atoms with Gasteiger partial charge in [-0.15, -0.1) is 0 Å². The molecule has 0 unspecified atom stereocenters. The molecule has 2 aliphatic rings. The van der Waals surface area contributed by atoms with Crippen LogP contribution >= 0.6 is 0 Å². The first-order valence-corrected chi connectivity index (χ1v) is 7.87. The first kappa shape index (κ1) is 16.4. The number of carbonyl (C=O) groups is 2. The van der Waals surface area contributed by atoms with E-state index in [2.05, 4.69) is 0 Å². The number of ether oxygens (including phenoxy) is 3. The van der Waals surface area contributed by atoms with Gasteiger partial charge in [0.2, 0.25) is 0 Å². The molecule has 2 fully saturated rings. The summed E-state index contributed by atoms with van der Waals surface area (Å²) in [5, 5.41) is 0. The molecule has 2 amide bonds. The third-order valence-electron chi connectivity index (χ3n) is 4.19. The molecule has 8 nitrogen and oxygen atoms in total. The van der Waals surface area contributed by atoms with Gasteiger partial charge in [0, 0.05) is 31.7 Å². The van der Waals surface area contributed by atoms with Crippen molar-refractivity contribution >= 4 is 12.0 Å². The Kier molecular flexibility index (Phi) is 4.75. The van der Waals surface area contributed by atoms with Crippen LogP contribution in [-0.4, -0.2) is 74.3 Å². The van der Waals surface area contributed by atoms with Crippen molar-refractivity contribution < 1.29 is 23.8 Å². The first-order chi connectivity index (χ1) is 11.6. The second-order valence-electron chi connectivity index (χ2n) is 5.68. The zero-order valence-electron chi connectivity index (χ0n) is 13.6. The van der Waals surface area contributed by atoms with E-state index in [-0.39, 0.29) is 18.0 Å². The molecule has 0 radical (unpaired) electrons. The smallest absolute Gasteiger partial charge is 0.410 e. The van der Waals surface area contributed by atoms with Crippen LogP contribution in [0.3, 0.4) is 0 Å². The zero-order valence-corrected chi connectivity index (χ0v) is 13.6. The number of fused-ring (bicyclic) bond motifs is 1. The summed E-state index contributed by atoms with van der Waals surface area (Å²) in [5.41, 5.74) is 5.95. The van der Waals surface area contributed by atoms with Gasteiger partial charge in [0.25, 0.3) is 5.91 Å². The lowest BCUT2D eigenvalue weighted by Gasteiger charge is -2.35. The zero-order chi connectivity index (χ0) is 17.1. The number of carbonyl (C=O) groups excluding carboxylic acids is 2. The molecule has 8 heteroatoms. The van der Waals surface area contributed by atoms with E-state index in [1.807, 2.05) is 0 Å². The molecule has 2 heterocycles. The number of piperazine rings is 1. The minimum Gasteiger partial charge on any atom is -0.493 e. The molecule has 1 atom stereocenters. The number of rotatable bonds is 5. The van der Waals surface area contributed by atoms with E-state index in [1.54, 1.807) is 28.0 Å². The van der Waals surface area contributed by atoms with Crippen LogP contribution in [0.5, 0.6) is 11.5 Å². The maximum Gasteiger partial charge on any atom is 0.410 e. The number of nitrogens with two attached hydrogens (primary N) is 1. The minimum absolute atomic E-state index is 0.0655. The predicted octanol–water partition coefficient (Wildman–Crippen LogP) is 0.309. The van der Waals surface area contributed by atoms with Crippen molar-refractivity contribution in [2.75, 3.05) is 46.5 Å². The molecule has 0 bridgehead atoms. The highest BCUT2D eigenvalue weighted by atomic mass is 16.6. The number of benzene rings is 1. The lowest BCUT2D eigenvalue weighted by Crippen LogP contribution is -2.53. The molecule has 0 saturated carbocycles. The fourth-order valence-electron chi connectivity index (χ4n) is 2.94. The van der Waals surface area contributed by atoms with Crippen LogP contribution in [-0.2, 0) is 4.74 Å². The average molecular weight is 335 g/mol. The fraction of sp³-hybridized carbons (Fsp3) is 0.500. The normalized spacial score (nSPS) is 19.8. The molecule has 2 N–H and O–H groups in total. The SMILES string of the molecule is COc1cc(C(=O)N2CCN3C(=O)OC[C@H]3C2)ccc1OCCN. The van der Waals surface area contributed by atoms with Crippen LogP contribution < -0.4 is 15.2 Å². The van der Waals surface area contributed by atoms with Crippen molar-refractivity contribution in [3.8, 4) is 11.5 Å². The Morgan fingerprint density at radius 3 is 2.96 bits per heavy atom. The number of nitrogens with zero attached hydrogens (tertiary/aromatic N) is 2. The molecule has 3 rings (SSSR count). The van der Waals surface area contributed by atoms with Crippen molar-refractivity contribution in [3.63, 3.8) is 0 Å². The number of hydrogen-bond acceptors (Lipinski definition) is 6. The Hall–Kier alpha value is -2.48. The van der Waals surface area contributed by atoms with Gasteiger partial charge in [-0.1, -0.05) is 0 Å². The van der Waals surface area contributed by atoms with Crippen LogP contribution in [0.25, 0.3) is 0 Å². The Labute approximate surface area is 140 Å². The van der Waals surface area contributed by atoms with Gasteiger partial charge in [0.05, 0.1) is 13.2 Å². The van der Waals surface area contributed by atoms with Crippen LogP contribution in [0.4, 0.5) is 4.79 Å². The van der Waals surface area contributed by atoms with Crippen LogP contribution in [0.15, 0.2) is 18.2 Å². The summed E-state index contributed by atoms with van der Waals surface area (Å²) in [5.74, 6) is 0.948. The van der Waals surface area contributed by atoms with Gasteiger partial charge in [-0.05, 0) is 18.2 Å². The summed E-state index contributed by atoms with van der Waals surface area (Å²) < 4.78 is 15.8. The molecule has 2 saturated heterocycles. The quantitative estimate of drug-likeness (QED) is 0.832. The topological polar surface area (TPSA) is 94.3 Å². The summed E-state index contributed by atoms with van der Waals surface area (Å²) in [6.07, 6.45) is -0.296. The molecule has 130 valence electrons. The van der Waals surface area contributed by atoms with Crippen molar-refractivity contribution in [1.29, 1.82) is 0 Å². The number of hydrogen-bond donors (Lipinski definition) is 1. The van der Waals surface area contributed by atoms with Gasteiger partial charge in [-0.3, -0.25) is 9.69 Å². The van der Waals surface area contributed by atoms with Gasteiger partial charge in [-0.2, -0.15) is 0 Å². The van der Waals surface area contributed by atoms with Gasteiger partial charge in [-0.25, -0.2) is 4.79 Å². The lowest BCUT2D eigenvalue weighted by molar-refractivity contribution is 0.0616. The Bertz CT molecular complexity index is 636. The molecule has 24 heavy (non-hydrogen) atoms. The van der Waals surface area contributed by atoms with E-state index in [0.29, 0.717) is 56.5 Å². The van der Waals surface area contributed by atoms with Crippen molar-refractivity contribution in [2.45, 2.75) is 6.04 Å². The van der Waals surface area contributed by atoms with E-state index in [9.17, 15) is 9.59 Å². The Morgan fingerprint density at radius 2 is 2.21 bits per heavy atom. The van der Waals surface area contributed by atoms with Gasteiger partial charge in [0.15, 0.2) is 11.5 Å². The summed E-state index contributed by atoms with van der Waals surface area (Å²) in [7, 11) is 1.53. The summed E-state index contributed by atoms with van der Waals surface area (Å²) in [6.45, 7) is 2.55. The predicted molar refractivity (Wildman–Crippen MR) is 85.3 cm³/mol. The van der Waals surface area contributed by atoms with Gasteiger partial charge < -0.3 is 24.8 Å². The maximum atomic E-state index is 12.7. The molecule has 1 aromatic carbocycles. The third-order valence-corrected chi connectivity index (χ3v) is 4.19. The fourth-order valence-corrected chi connectivity index (χ4v) is 2.94. The summed E-state index contributed by atoms with van der Waals surface area (Å²) in [4.78, 5) is 27.7. The van der Waals surface area contributed by atoms with E-state index in [1.165, 1.54) is 7.11 Å². The second-order valence-corrected chi connectivity index (χ2v) is 5.68. The Balaban J connectivity index is 1.72. The summed E-state index contributed by atoms with van der Waals surface area (Å²) in [6, 6.07) is 5.01. The number of amides is 2. The van der Waals surface area contributed by atoms with E-state index >= 15 is 0 Å². The van der Waals surface area contributed by atoms with Crippen molar-refractivity contribution in [1.82, 2.24) is 9.80 Å². The molecule has 1 aromatic rings. The van der Waals surface area contributed by atoms with Crippen molar-refractivity contribution in [3.05, 3.63) is 23.8 Å².